The van der Waals surface area contributed by atoms with Crippen LogP contribution in [0.25, 0.3) is 0 Å². The Bertz CT molecular complexity index is 217. The van der Waals surface area contributed by atoms with Crippen LogP contribution in [-0.2, 0) is 4.79 Å². The molecule has 0 bridgehead atoms. The minimum Gasteiger partial charge on any atom is -0.481 e. The van der Waals surface area contributed by atoms with E-state index in [1.807, 2.05) is 0 Å². The second-order valence-electron chi connectivity index (χ2n) is 3.90. The van der Waals surface area contributed by atoms with Gasteiger partial charge in [0.05, 0.1) is 0 Å². The second kappa shape index (κ2) is 13.4. The van der Waals surface area contributed by atoms with E-state index in [2.05, 4.69) is 0 Å². The summed E-state index contributed by atoms with van der Waals surface area (Å²) >= 11 is 0. The van der Waals surface area contributed by atoms with Crippen molar-refractivity contribution in [2.45, 2.75) is 57.8 Å². The first-order valence-corrected chi connectivity index (χ1v) is 5.86. The van der Waals surface area contributed by atoms with E-state index in [4.69, 9.17) is 5.11 Å². The minimum atomic E-state index is -1.59. The lowest BCUT2D eigenvalue weighted by molar-refractivity contribution is -0.137. The van der Waals surface area contributed by atoms with Gasteiger partial charge >= 0.3 is 5.97 Å². The van der Waals surface area contributed by atoms with E-state index in [1.165, 1.54) is 0 Å². The number of hydrogen-bond acceptors (Lipinski definition) is 1. The summed E-state index contributed by atoms with van der Waals surface area (Å²) in [6.07, 6.45) is 6.73. The molecule has 1 N–H and O–H groups in total. The summed E-state index contributed by atoms with van der Waals surface area (Å²) < 4.78 is 23.3. The fraction of sp³-hybridized carbons (Fsp3) is 0.750. The molecule has 5 heteroatoms. The molecule has 0 heterocycles. The van der Waals surface area contributed by atoms with Gasteiger partial charge < -0.3 is 5.11 Å². The molecule has 0 saturated carbocycles. The van der Waals surface area contributed by atoms with E-state index in [0.29, 0.717) is 6.42 Å². The Kier molecular flexibility index (Phi) is 14.8. The number of halogens is 3. The first kappa shape index (κ1) is 18.7. The Morgan fingerprint density at radius 3 is 1.88 bits per heavy atom. The van der Waals surface area contributed by atoms with Crippen molar-refractivity contribution in [2.75, 3.05) is 0 Å². The molecule has 0 fully saturated rings. The van der Waals surface area contributed by atoms with Crippen LogP contribution in [0.15, 0.2) is 12.2 Å². The monoisotopic (exact) mass is 270 g/mol. The third-order valence-electron chi connectivity index (χ3n) is 2.39. The highest BCUT2D eigenvalue weighted by Gasteiger charge is 1.96. The predicted molar refractivity (Wildman–Crippen MR) is 66.7 cm³/mol. The van der Waals surface area contributed by atoms with E-state index in [0.717, 1.165) is 51.0 Å². The molecule has 0 amide bonds. The zero-order chi connectivity index (χ0) is 12.2. The number of hydrogen-bond donors (Lipinski definition) is 1. The number of carbonyl (C=O) groups is 1. The van der Waals surface area contributed by atoms with Crippen molar-refractivity contribution in [2.24, 2.45) is 0 Å². The average molecular weight is 271 g/mol. The van der Waals surface area contributed by atoms with Crippen LogP contribution in [0.1, 0.15) is 57.8 Å². The Morgan fingerprint density at radius 2 is 1.41 bits per heavy atom. The largest absolute Gasteiger partial charge is 0.481 e. The number of carboxylic acids is 1. The lowest BCUT2D eigenvalue weighted by Crippen LogP contribution is -1.93. The molecule has 0 unspecified atom stereocenters. The van der Waals surface area contributed by atoms with Crippen molar-refractivity contribution in [3.63, 3.8) is 0 Å². The molecule has 17 heavy (non-hydrogen) atoms. The molecule has 0 aromatic rings. The number of unbranched alkanes of at least 4 members (excludes halogenated alkanes) is 7. The molecular weight excluding hydrogens is 250 g/mol. The third kappa shape index (κ3) is 17.9. The normalized spacial score (nSPS) is 9.53. The highest BCUT2D eigenvalue weighted by molar-refractivity contribution is 5.85. The van der Waals surface area contributed by atoms with Crippen molar-refractivity contribution < 1.29 is 18.7 Å². The van der Waals surface area contributed by atoms with Gasteiger partial charge in [-0.1, -0.05) is 32.1 Å². The molecule has 2 nitrogen and oxygen atoms in total. The minimum absolute atomic E-state index is 0. The van der Waals surface area contributed by atoms with Crippen LogP contribution in [0, 0.1) is 0 Å². The van der Waals surface area contributed by atoms with Gasteiger partial charge in [0.25, 0.3) is 6.08 Å². The predicted octanol–water partition coefficient (Wildman–Crippen LogP) is 4.78. The van der Waals surface area contributed by atoms with Crippen molar-refractivity contribution in [1.29, 1.82) is 0 Å². The van der Waals surface area contributed by atoms with E-state index in [-0.39, 0.29) is 18.8 Å². The fourth-order valence-corrected chi connectivity index (χ4v) is 1.52. The maximum absolute atomic E-state index is 11.6. The van der Waals surface area contributed by atoms with Crippen molar-refractivity contribution in [3.8, 4) is 0 Å². The number of aliphatic carboxylic acids is 1. The number of rotatable bonds is 10. The van der Waals surface area contributed by atoms with Gasteiger partial charge in [0.1, 0.15) is 0 Å². The van der Waals surface area contributed by atoms with Crippen molar-refractivity contribution in [3.05, 3.63) is 12.2 Å². The smallest absolute Gasteiger partial charge is 0.303 e. The van der Waals surface area contributed by atoms with Gasteiger partial charge in [0, 0.05) is 6.42 Å². The van der Waals surface area contributed by atoms with Gasteiger partial charge in [-0.25, -0.2) is 0 Å². The Morgan fingerprint density at radius 1 is 0.941 bits per heavy atom. The summed E-state index contributed by atoms with van der Waals surface area (Å²) in [5, 5.41) is 8.39. The maximum atomic E-state index is 11.6. The molecule has 0 aliphatic heterocycles. The van der Waals surface area contributed by atoms with Crippen LogP contribution in [0.5, 0.6) is 0 Å². The molecule has 102 valence electrons. The van der Waals surface area contributed by atoms with Crippen LogP contribution < -0.4 is 0 Å². The molecule has 0 rings (SSSR count). The molecule has 0 aliphatic carbocycles. The molecule has 0 aliphatic rings. The highest BCUT2D eigenvalue weighted by atomic mass is 35.5. The number of allylic oxidation sites excluding steroid dienone is 1. The average Bonchev–Trinajstić information content (AvgIpc) is 2.20. The van der Waals surface area contributed by atoms with Crippen LogP contribution >= 0.6 is 12.4 Å². The molecule has 0 saturated heterocycles. The second-order valence-corrected chi connectivity index (χ2v) is 3.90. The van der Waals surface area contributed by atoms with Gasteiger partial charge in [-0.15, -0.1) is 12.4 Å². The topological polar surface area (TPSA) is 37.3 Å². The third-order valence-corrected chi connectivity index (χ3v) is 2.39. The first-order chi connectivity index (χ1) is 7.63. The first-order valence-electron chi connectivity index (χ1n) is 5.86. The van der Waals surface area contributed by atoms with Crippen LogP contribution in [0.3, 0.4) is 0 Å². The van der Waals surface area contributed by atoms with Crippen LogP contribution in [-0.4, -0.2) is 11.1 Å². The lowest BCUT2D eigenvalue weighted by Gasteiger charge is -1.99. The van der Waals surface area contributed by atoms with E-state index >= 15 is 0 Å². The quantitative estimate of drug-likeness (QED) is 0.580. The Balaban J connectivity index is 0. The summed E-state index contributed by atoms with van der Waals surface area (Å²) in [7, 11) is 0. The van der Waals surface area contributed by atoms with Gasteiger partial charge in [-0.3, -0.25) is 4.79 Å². The van der Waals surface area contributed by atoms with Crippen LogP contribution in [0.4, 0.5) is 8.78 Å². The van der Waals surface area contributed by atoms with Gasteiger partial charge in [-0.2, -0.15) is 8.78 Å². The summed E-state index contributed by atoms with van der Waals surface area (Å²) in [6.45, 7) is 0. The number of carboxylic acid groups (broad SMARTS) is 1. The molecule has 0 aromatic carbocycles. The summed E-state index contributed by atoms with van der Waals surface area (Å²) in [6, 6.07) is 0. The van der Waals surface area contributed by atoms with Gasteiger partial charge in [-0.05, 0) is 25.3 Å². The zero-order valence-electron chi connectivity index (χ0n) is 9.96. The van der Waals surface area contributed by atoms with Crippen molar-refractivity contribution in [1.82, 2.24) is 0 Å². The fourth-order valence-electron chi connectivity index (χ4n) is 1.52. The van der Waals surface area contributed by atoms with Crippen LogP contribution in [0.2, 0.25) is 0 Å². The maximum Gasteiger partial charge on any atom is 0.303 e. The van der Waals surface area contributed by atoms with E-state index in [1.54, 1.807) is 0 Å². The standard InChI is InChI=1S/C12H20F2O2.ClH/c13-11(14)9-7-5-3-1-2-4-6-8-10-12(15)16;/h9H,1-8,10H2,(H,15,16);1H. The van der Waals surface area contributed by atoms with E-state index in [9.17, 15) is 13.6 Å². The van der Waals surface area contributed by atoms with Gasteiger partial charge in [0.15, 0.2) is 0 Å². The molecular formula is C12H21ClF2O2. The lowest BCUT2D eigenvalue weighted by atomic mass is 10.1. The zero-order valence-corrected chi connectivity index (χ0v) is 10.8. The summed E-state index contributed by atoms with van der Waals surface area (Å²) in [5.74, 6) is -0.736. The summed E-state index contributed by atoms with van der Waals surface area (Å²) in [4.78, 5) is 10.2. The van der Waals surface area contributed by atoms with Crippen molar-refractivity contribution >= 4 is 18.4 Å². The SMILES string of the molecule is Cl.O=C(O)CCCCCCCCCC=C(F)F. The summed E-state index contributed by atoms with van der Waals surface area (Å²) in [5.41, 5.74) is 0. The molecule has 0 radical (unpaired) electrons. The highest BCUT2D eigenvalue weighted by Crippen LogP contribution is 2.11. The Hall–Kier alpha value is -0.640. The molecule has 0 spiro atoms. The molecule has 0 aromatic heterocycles. The van der Waals surface area contributed by atoms with Gasteiger partial charge in [0.2, 0.25) is 0 Å². The molecule has 0 atom stereocenters. The van der Waals surface area contributed by atoms with E-state index < -0.39 is 12.0 Å². The Labute approximate surface area is 108 Å².